The number of nitrogens with zero attached hydrogens (tertiary/aromatic N) is 1. The van der Waals surface area contributed by atoms with Gasteiger partial charge in [0.25, 0.3) is 0 Å². The molecule has 7 rings (SSSR count). The predicted octanol–water partition coefficient (Wildman–Crippen LogP) is 7.83. The number of aromatic carboxylic acids is 1. The lowest BCUT2D eigenvalue weighted by Crippen LogP contribution is -2.41. The summed E-state index contributed by atoms with van der Waals surface area (Å²) < 4.78 is 7.58. The van der Waals surface area contributed by atoms with Crippen LogP contribution in [0.1, 0.15) is 29.8 Å². The van der Waals surface area contributed by atoms with E-state index in [-0.39, 0.29) is 16.5 Å². The molecule has 0 bridgehead atoms. The number of carbonyl (C=O) groups is 1. The van der Waals surface area contributed by atoms with E-state index < -0.39 is 5.97 Å². The first-order chi connectivity index (χ1) is 18.3. The van der Waals surface area contributed by atoms with Gasteiger partial charge in [-0.05, 0) is 55.1 Å². The van der Waals surface area contributed by atoms with Crippen LogP contribution in [0.2, 0.25) is 0 Å². The van der Waals surface area contributed by atoms with Gasteiger partial charge in [0.1, 0.15) is 11.3 Å². The van der Waals surface area contributed by atoms with E-state index in [0.717, 1.165) is 22.2 Å². The Morgan fingerprint density at radius 3 is 2.47 bits per heavy atom. The van der Waals surface area contributed by atoms with Gasteiger partial charge in [0, 0.05) is 62.1 Å². The number of anilines is 1. The second kappa shape index (κ2) is 7.79. The van der Waals surface area contributed by atoms with Crippen LogP contribution < -0.4 is 10.3 Å². The molecule has 0 unspecified atom stereocenters. The third-order valence-electron chi connectivity index (χ3n) is 7.89. The molecular formula is C32H23NO4S. The van der Waals surface area contributed by atoms with Crippen molar-refractivity contribution in [3.8, 4) is 32.9 Å². The monoisotopic (exact) mass is 517 g/mol. The van der Waals surface area contributed by atoms with Crippen molar-refractivity contribution in [2.75, 3.05) is 11.9 Å². The molecule has 186 valence electrons. The Labute approximate surface area is 222 Å². The van der Waals surface area contributed by atoms with Crippen molar-refractivity contribution in [3.63, 3.8) is 0 Å². The van der Waals surface area contributed by atoms with Crippen molar-refractivity contribution < 1.29 is 14.3 Å². The number of thiophene rings is 1. The fourth-order valence-electron chi connectivity index (χ4n) is 5.85. The largest absolute Gasteiger partial charge is 0.478 e. The molecule has 6 heteroatoms. The van der Waals surface area contributed by atoms with Gasteiger partial charge in [0.15, 0.2) is 5.43 Å². The van der Waals surface area contributed by atoms with Crippen LogP contribution in [0.4, 0.5) is 5.69 Å². The summed E-state index contributed by atoms with van der Waals surface area (Å²) in [5.74, 6) is -0.574. The molecule has 0 saturated heterocycles. The average molecular weight is 518 g/mol. The van der Waals surface area contributed by atoms with Gasteiger partial charge in [0.2, 0.25) is 0 Å². The van der Waals surface area contributed by atoms with Crippen LogP contribution in [-0.4, -0.2) is 18.1 Å². The highest BCUT2D eigenvalue weighted by Gasteiger charge is 2.39. The maximum absolute atomic E-state index is 12.3. The van der Waals surface area contributed by atoms with Crippen LogP contribution in [-0.2, 0) is 5.54 Å². The van der Waals surface area contributed by atoms with Crippen LogP contribution in [0.5, 0.6) is 0 Å². The maximum Gasteiger partial charge on any atom is 0.336 e. The molecule has 2 aliphatic heterocycles. The van der Waals surface area contributed by atoms with E-state index >= 15 is 0 Å². The van der Waals surface area contributed by atoms with Crippen molar-refractivity contribution >= 4 is 44.0 Å². The first kappa shape index (κ1) is 22.8. The molecule has 1 aliphatic carbocycles. The van der Waals surface area contributed by atoms with E-state index in [1.807, 2.05) is 18.2 Å². The Kier molecular flexibility index (Phi) is 4.66. The molecular weight excluding hydrogens is 494 g/mol. The van der Waals surface area contributed by atoms with E-state index in [0.29, 0.717) is 22.5 Å². The van der Waals surface area contributed by atoms with Gasteiger partial charge in [-0.1, -0.05) is 36.4 Å². The highest BCUT2D eigenvalue weighted by molar-refractivity contribution is 7.22. The Morgan fingerprint density at radius 2 is 1.66 bits per heavy atom. The van der Waals surface area contributed by atoms with Gasteiger partial charge >= 0.3 is 5.97 Å². The number of benzene rings is 4. The van der Waals surface area contributed by atoms with Crippen LogP contribution >= 0.6 is 11.3 Å². The highest BCUT2D eigenvalue weighted by Crippen LogP contribution is 2.55. The number of hydrogen-bond donors (Lipinski definition) is 1. The minimum Gasteiger partial charge on any atom is -0.478 e. The number of rotatable bonds is 2. The Hall–Kier alpha value is -4.42. The summed E-state index contributed by atoms with van der Waals surface area (Å²) in [5.41, 5.74) is 5.80. The third kappa shape index (κ3) is 3.04. The molecule has 0 spiro atoms. The van der Waals surface area contributed by atoms with Crippen molar-refractivity contribution in [2.45, 2.75) is 19.4 Å². The molecule has 0 radical (unpaired) electrons. The molecule has 5 nitrogen and oxygen atoms in total. The van der Waals surface area contributed by atoms with Crippen molar-refractivity contribution in [2.24, 2.45) is 0 Å². The smallest absolute Gasteiger partial charge is 0.336 e. The summed E-state index contributed by atoms with van der Waals surface area (Å²) in [6.07, 6.45) is 0. The Bertz CT molecular complexity index is 1980. The summed E-state index contributed by atoms with van der Waals surface area (Å²) in [7, 11) is 2.09. The van der Waals surface area contributed by atoms with Crippen LogP contribution in [0, 0.1) is 0 Å². The second-order valence-corrected chi connectivity index (χ2v) is 11.3. The van der Waals surface area contributed by atoms with Gasteiger partial charge in [-0.25, -0.2) is 4.79 Å². The number of carboxylic acid groups (broad SMARTS) is 1. The van der Waals surface area contributed by atoms with Crippen molar-refractivity contribution in [3.05, 3.63) is 100 Å². The van der Waals surface area contributed by atoms with Crippen LogP contribution in [0.3, 0.4) is 0 Å². The third-order valence-corrected chi connectivity index (χ3v) is 9.09. The topological polar surface area (TPSA) is 70.8 Å². The second-order valence-electron chi connectivity index (χ2n) is 10.3. The van der Waals surface area contributed by atoms with Gasteiger partial charge < -0.3 is 14.4 Å². The van der Waals surface area contributed by atoms with Gasteiger partial charge in [-0.2, -0.15) is 0 Å². The molecule has 1 N–H and O–H groups in total. The number of fused-ring (bicyclic) bond motifs is 7. The molecule has 3 heterocycles. The van der Waals surface area contributed by atoms with Gasteiger partial charge in [0.05, 0.1) is 11.1 Å². The first-order valence-electron chi connectivity index (χ1n) is 12.4. The van der Waals surface area contributed by atoms with Crippen LogP contribution in [0.15, 0.2) is 88.1 Å². The zero-order valence-corrected chi connectivity index (χ0v) is 21.8. The molecule has 4 aromatic rings. The fraction of sp³-hybridized carbons (Fsp3) is 0.125. The molecule has 38 heavy (non-hydrogen) atoms. The fourth-order valence-corrected chi connectivity index (χ4v) is 7.24. The molecule has 0 atom stereocenters. The molecule has 0 saturated carbocycles. The van der Waals surface area contributed by atoms with Gasteiger partial charge in [-0.15, -0.1) is 11.3 Å². The molecule has 0 fully saturated rings. The Morgan fingerprint density at radius 1 is 0.895 bits per heavy atom. The van der Waals surface area contributed by atoms with E-state index in [2.05, 4.69) is 56.1 Å². The van der Waals surface area contributed by atoms with Crippen LogP contribution in [0.25, 0.3) is 53.9 Å². The number of carboxylic acids is 1. The average Bonchev–Trinajstić information content (AvgIpc) is 3.30. The van der Waals surface area contributed by atoms with Gasteiger partial charge in [-0.3, -0.25) is 4.79 Å². The van der Waals surface area contributed by atoms with Crippen molar-refractivity contribution in [1.29, 1.82) is 0 Å². The standard InChI is InChI=1S/C32H23NO4S/c1-32(2)29-21-10-6-7-11-27(21)38-30(29)22-15-23-26(16-24(22)33(32)3)37-25-14-17(34)12-13-20(25)28(23)18-8-4-5-9-19(18)31(35)36/h4-16H,1-3H3,(H,35,36). The lowest BCUT2D eigenvalue weighted by Gasteiger charge is -2.43. The lowest BCUT2D eigenvalue weighted by atomic mass is 9.82. The van der Waals surface area contributed by atoms with Crippen molar-refractivity contribution in [1.82, 2.24) is 0 Å². The van der Waals surface area contributed by atoms with E-state index in [4.69, 9.17) is 4.42 Å². The van der Waals surface area contributed by atoms with E-state index in [1.165, 1.54) is 32.7 Å². The highest BCUT2D eigenvalue weighted by atomic mass is 32.1. The Balaban J connectivity index is 1.66. The summed E-state index contributed by atoms with van der Waals surface area (Å²) in [4.78, 5) is 28.0. The van der Waals surface area contributed by atoms with E-state index in [9.17, 15) is 14.7 Å². The number of hydrogen-bond acceptors (Lipinski definition) is 5. The quantitative estimate of drug-likeness (QED) is 0.237. The first-order valence-corrected chi connectivity index (χ1v) is 13.2. The lowest BCUT2D eigenvalue weighted by molar-refractivity contribution is 0.0697. The SMILES string of the molecule is CN1c2cc3oc4cc(=O)ccc-4c(-c4ccccc4C(=O)O)c3cc2-c2sc3ccccc3c2C1(C)C. The summed E-state index contributed by atoms with van der Waals surface area (Å²) >= 11 is 1.78. The molecule has 3 aromatic carbocycles. The van der Waals surface area contributed by atoms with E-state index in [1.54, 1.807) is 29.5 Å². The zero-order valence-electron chi connectivity index (χ0n) is 21.0. The predicted molar refractivity (Wildman–Crippen MR) is 154 cm³/mol. The molecule has 1 aromatic heterocycles. The normalized spacial score (nSPS) is 14.1. The summed E-state index contributed by atoms with van der Waals surface area (Å²) in [6, 6.07) is 24.3. The molecule has 0 amide bonds. The zero-order chi connectivity index (χ0) is 26.3. The minimum atomic E-state index is -1.01. The summed E-state index contributed by atoms with van der Waals surface area (Å²) in [6.45, 7) is 4.46. The molecule has 3 aliphatic rings. The minimum absolute atomic E-state index is 0.163. The maximum atomic E-state index is 12.3. The summed E-state index contributed by atoms with van der Waals surface area (Å²) in [5, 5.41) is 12.1.